The van der Waals surface area contributed by atoms with Crippen LogP contribution in [0.4, 0.5) is 0 Å². The minimum Gasteiger partial charge on any atom is -0.340 e. The Kier molecular flexibility index (Phi) is 4.45. The molecule has 0 N–H and O–H groups in total. The topological polar surface area (TPSA) is 79.5 Å². The van der Waals surface area contributed by atoms with Crippen LogP contribution in [0.3, 0.4) is 0 Å². The largest absolute Gasteiger partial charge is 0.340 e. The molecule has 1 atom stereocenters. The fraction of sp³-hybridized carbons (Fsp3) is 0.500. The Labute approximate surface area is 158 Å². The minimum atomic E-state index is -0.437. The zero-order valence-electron chi connectivity index (χ0n) is 15.7. The quantitative estimate of drug-likeness (QED) is 0.832. The van der Waals surface area contributed by atoms with Crippen LogP contribution in [-0.4, -0.2) is 51.4 Å². The normalized spacial score (nSPS) is 21.6. The number of carbonyl (C=O) groups is 2. The summed E-state index contributed by atoms with van der Waals surface area (Å²) in [6, 6.07) is 8.75. The lowest BCUT2D eigenvalue weighted by atomic mass is 10.1. The minimum absolute atomic E-state index is 0.0802. The second-order valence-electron chi connectivity index (χ2n) is 7.73. The van der Waals surface area contributed by atoms with Gasteiger partial charge in [-0.3, -0.25) is 9.59 Å². The van der Waals surface area contributed by atoms with E-state index in [1.165, 1.54) is 0 Å². The van der Waals surface area contributed by atoms with E-state index in [1.807, 2.05) is 30.0 Å². The predicted molar refractivity (Wildman–Crippen MR) is 97.8 cm³/mol. The van der Waals surface area contributed by atoms with Crippen molar-refractivity contribution in [1.29, 1.82) is 0 Å². The van der Waals surface area contributed by atoms with Crippen molar-refractivity contribution in [1.82, 2.24) is 19.9 Å². The summed E-state index contributed by atoms with van der Waals surface area (Å²) < 4.78 is 5.41. The maximum Gasteiger partial charge on any atom is 0.254 e. The number of aryl methyl sites for hydroxylation is 1. The molecule has 0 spiro atoms. The molecule has 1 aliphatic carbocycles. The van der Waals surface area contributed by atoms with Crippen molar-refractivity contribution in [3.05, 3.63) is 47.6 Å². The van der Waals surface area contributed by atoms with Gasteiger partial charge in [0, 0.05) is 24.1 Å². The van der Waals surface area contributed by atoms with Crippen LogP contribution in [0.25, 0.3) is 0 Å². The zero-order valence-corrected chi connectivity index (χ0v) is 15.7. The van der Waals surface area contributed by atoms with Gasteiger partial charge in [0.1, 0.15) is 6.04 Å². The average molecular weight is 368 g/mol. The molecule has 1 aliphatic heterocycles. The van der Waals surface area contributed by atoms with Crippen LogP contribution in [0, 0.1) is 12.3 Å². The van der Waals surface area contributed by atoms with Gasteiger partial charge in [0.25, 0.3) is 11.8 Å². The number of benzene rings is 1. The number of carbonyl (C=O) groups excluding carboxylic acids is 2. The first kappa shape index (κ1) is 17.7. The molecule has 2 aromatic rings. The lowest BCUT2D eigenvalue weighted by Gasteiger charge is -2.30. The van der Waals surface area contributed by atoms with E-state index in [2.05, 4.69) is 10.1 Å². The molecule has 7 heteroatoms. The highest BCUT2D eigenvalue weighted by molar-refractivity contribution is 5.94. The molecular weight excluding hydrogens is 344 g/mol. The van der Waals surface area contributed by atoms with Crippen molar-refractivity contribution in [3.8, 4) is 0 Å². The van der Waals surface area contributed by atoms with Gasteiger partial charge in [0.2, 0.25) is 5.91 Å². The molecule has 0 radical (unpaired) electrons. The van der Waals surface area contributed by atoms with Crippen LogP contribution in [0.1, 0.15) is 54.3 Å². The summed E-state index contributed by atoms with van der Waals surface area (Å²) in [5.41, 5.74) is 0.376. The zero-order chi connectivity index (χ0) is 19.0. The molecule has 7 nitrogen and oxygen atoms in total. The van der Waals surface area contributed by atoms with Crippen molar-refractivity contribution >= 4 is 11.8 Å². The summed E-state index contributed by atoms with van der Waals surface area (Å²) in [4.78, 5) is 34.1. The Morgan fingerprint density at radius 2 is 1.93 bits per heavy atom. The summed E-state index contributed by atoms with van der Waals surface area (Å²) in [5.74, 6) is 0.993. The van der Waals surface area contributed by atoms with E-state index in [4.69, 9.17) is 4.52 Å². The molecule has 2 aliphatic rings. The first-order chi connectivity index (χ1) is 13.0. The average Bonchev–Trinajstić information content (AvgIpc) is 3.36. The molecule has 2 heterocycles. The monoisotopic (exact) mass is 368 g/mol. The number of amides is 2. The van der Waals surface area contributed by atoms with E-state index < -0.39 is 6.04 Å². The fourth-order valence-electron chi connectivity index (χ4n) is 3.60. The van der Waals surface area contributed by atoms with Gasteiger partial charge >= 0.3 is 0 Å². The van der Waals surface area contributed by atoms with E-state index in [0.717, 1.165) is 19.3 Å². The SMILES string of the molecule is Cc1noc(C2CN(C(=O)C3(C)CC3)CCCN2C(=O)c2ccccc2)n1. The highest BCUT2D eigenvalue weighted by Crippen LogP contribution is 2.47. The summed E-state index contributed by atoms with van der Waals surface area (Å²) >= 11 is 0. The fourth-order valence-corrected chi connectivity index (χ4v) is 3.60. The van der Waals surface area contributed by atoms with Gasteiger partial charge in [-0.25, -0.2) is 0 Å². The molecule has 1 saturated heterocycles. The van der Waals surface area contributed by atoms with Crippen LogP contribution in [0.5, 0.6) is 0 Å². The standard InChI is InChI=1S/C20H24N4O3/c1-14-21-17(27-22-14)16-13-23(19(26)20(2)9-10-20)11-6-12-24(16)18(25)15-7-4-3-5-8-15/h3-5,7-8,16H,6,9-13H2,1-2H3. The first-order valence-electron chi connectivity index (χ1n) is 9.43. The van der Waals surface area contributed by atoms with Crippen LogP contribution in [-0.2, 0) is 4.79 Å². The molecule has 142 valence electrons. The Morgan fingerprint density at radius 3 is 2.56 bits per heavy atom. The van der Waals surface area contributed by atoms with Crippen LogP contribution < -0.4 is 0 Å². The molecule has 1 aromatic heterocycles. The summed E-state index contributed by atoms with van der Waals surface area (Å²) in [5, 5.41) is 3.89. The third-order valence-corrected chi connectivity index (χ3v) is 5.51. The second kappa shape index (κ2) is 6.79. The number of rotatable bonds is 3. The van der Waals surface area contributed by atoms with Crippen molar-refractivity contribution < 1.29 is 14.1 Å². The first-order valence-corrected chi connectivity index (χ1v) is 9.43. The van der Waals surface area contributed by atoms with E-state index >= 15 is 0 Å². The van der Waals surface area contributed by atoms with Gasteiger partial charge < -0.3 is 14.3 Å². The molecule has 27 heavy (non-hydrogen) atoms. The molecule has 0 bridgehead atoms. The second-order valence-corrected chi connectivity index (χ2v) is 7.73. The Hall–Kier alpha value is -2.70. The molecular formula is C20H24N4O3. The van der Waals surface area contributed by atoms with Crippen LogP contribution >= 0.6 is 0 Å². The third-order valence-electron chi connectivity index (χ3n) is 5.51. The van der Waals surface area contributed by atoms with Crippen LogP contribution in [0.2, 0.25) is 0 Å². The maximum absolute atomic E-state index is 13.2. The van der Waals surface area contributed by atoms with Gasteiger partial charge in [-0.1, -0.05) is 30.3 Å². The highest BCUT2D eigenvalue weighted by Gasteiger charge is 2.48. The Morgan fingerprint density at radius 1 is 1.19 bits per heavy atom. The predicted octanol–water partition coefficient (Wildman–Crippen LogP) is 2.59. The lowest BCUT2D eigenvalue weighted by molar-refractivity contribution is -0.136. The maximum atomic E-state index is 13.2. The van der Waals surface area contributed by atoms with Crippen molar-refractivity contribution in [2.24, 2.45) is 5.41 Å². The van der Waals surface area contributed by atoms with Gasteiger partial charge in [0.05, 0.1) is 6.54 Å². The third kappa shape index (κ3) is 3.46. The smallest absolute Gasteiger partial charge is 0.254 e. The van der Waals surface area contributed by atoms with E-state index in [-0.39, 0.29) is 17.2 Å². The molecule has 4 rings (SSSR count). The summed E-state index contributed by atoms with van der Waals surface area (Å²) in [6.07, 6.45) is 2.59. The van der Waals surface area contributed by atoms with Gasteiger partial charge in [-0.15, -0.1) is 0 Å². The molecule has 1 unspecified atom stereocenters. The van der Waals surface area contributed by atoms with E-state index in [1.54, 1.807) is 24.0 Å². The van der Waals surface area contributed by atoms with Crippen LogP contribution in [0.15, 0.2) is 34.9 Å². The number of aromatic nitrogens is 2. The molecule has 1 aromatic carbocycles. The van der Waals surface area contributed by atoms with Gasteiger partial charge in [-0.05, 0) is 38.3 Å². The number of nitrogens with zero attached hydrogens (tertiary/aromatic N) is 4. The van der Waals surface area contributed by atoms with E-state index in [9.17, 15) is 9.59 Å². The molecule has 2 amide bonds. The molecule has 1 saturated carbocycles. The number of hydrogen-bond acceptors (Lipinski definition) is 5. The highest BCUT2D eigenvalue weighted by atomic mass is 16.5. The lowest BCUT2D eigenvalue weighted by Crippen LogP contribution is -2.42. The Balaban J connectivity index is 1.65. The van der Waals surface area contributed by atoms with Gasteiger partial charge in [-0.2, -0.15) is 4.98 Å². The van der Waals surface area contributed by atoms with E-state index in [0.29, 0.717) is 36.9 Å². The van der Waals surface area contributed by atoms with Gasteiger partial charge in [0.15, 0.2) is 5.82 Å². The van der Waals surface area contributed by atoms with Crippen molar-refractivity contribution in [3.63, 3.8) is 0 Å². The Bertz CT molecular complexity index is 844. The molecule has 2 fully saturated rings. The van der Waals surface area contributed by atoms with Crippen molar-refractivity contribution in [2.45, 2.75) is 39.2 Å². The summed E-state index contributed by atoms with van der Waals surface area (Å²) in [6.45, 7) is 5.33. The summed E-state index contributed by atoms with van der Waals surface area (Å²) in [7, 11) is 0. The number of hydrogen-bond donors (Lipinski definition) is 0. The van der Waals surface area contributed by atoms with Crippen molar-refractivity contribution in [2.75, 3.05) is 19.6 Å².